The van der Waals surface area contributed by atoms with Crippen LogP contribution >= 0.6 is 0 Å². The van der Waals surface area contributed by atoms with Gasteiger partial charge in [-0.1, -0.05) is 45.9 Å². The van der Waals surface area contributed by atoms with Gasteiger partial charge in [0, 0.05) is 0 Å². The molecule has 1 nitrogen and oxygen atoms in total. The van der Waals surface area contributed by atoms with E-state index in [2.05, 4.69) is 52.8 Å². The van der Waals surface area contributed by atoms with Gasteiger partial charge in [-0.3, -0.25) is 0 Å². The summed E-state index contributed by atoms with van der Waals surface area (Å²) < 4.78 is 5.63. The lowest BCUT2D eigenvalue weighted by atomic mass is 9.84. The van der Waals surface area contributed by atoms with E-state index >= 15 is 0 Å². The van der Waals surface area contributed by atoms with Crippen LogP contribution in [0.3, 0.4) is 0 Å². The van der Waals surface area contributed by atoms with Crippen molar-refractivity contribution in [1.82, 2.24) is 0 Å². The van der Waals surface area contributed by atoms with Crippen molar-refractivity contribution in [2.75, 3.05) is 0 Å². The van der Waals surface area contributed by atoms with Crippen LogP contribution in [0.4, 0.5) is 0 Å². The molecule has 1 aromatic carbocycles. The summed E-state index contributed by atoms with van der Waals surface area (Å²) in [5.41, 5.74) is 4.58. The van der Waals surface area contributed by atoms with Gasteiger partial charge in [0.1, 0.15) is 0 Å². The third-order valence-corrected chi connectivity index (χ3v) is 4.00. The molecule has 1 aliphatic rings. The number of benzene rings is 1. The van der Waals surface area contributed by atoms with Crippen molar-refractivity contribution in [2.24, 2.45) is 0 Å². The van der Waals surface area contributed by atoms with Gasteiger partial charge in [-0.15, -0.1) is 0 Å². The molecule has 1 aromatic rings. The van der Waals surface area contributed by atoms with E-state index in [1.54, 1.807) is 0 Å². The molecule has 1 heterocycles. The average molecular weight is 246 g/mol. The Balaban J connectivity index is 2.03. The van der Waals surface area contributed by atoms with E-state index in [9.17, 15) is 0 Å². The quantitative estimate of drug-likeness (QED) is 0.717. The van der Waals surface area contributed by atoms with Gasteiger partial charge in [0.25, 0.3) is 0 Å². The second-order valence-corrected chi connectivity index (χ2v) is 6.55. The van der Waals surface area contributed by atoms with E-state index in [1.165, 1.54) is 23.1 Å². The molecule has 2 rings (SSSR count). The van der Waals surface area contributed by atoms with Crippen molar-refractivity contribution in [3.63, 3.8) is 0 Å². The van der Waals surface area contributed by atoms with Gasteiger partial charge in [0.2, 0.25) is 0 Å². The highest BCUT2D eigenvalue weighted by atomic mass is 16.6. The summed E-state index contributed by atoms with van der Waals surface area (Å²) >= 11 is 0. The van der Waals surface area contributed by atoms with Crippen LogP contribution in [0.25, 0.3) is 0 Å². The minimum absolute atomic E-state index is 0.241. The molecule has 18 heavy (non-hydrogen) atoms. The Bertz CT molecular complexity index is 414. The number of hydrogen-bond donors (Lipinski definition) is 0. The van der Waals surface area contributed by atoms with Crippen molar-refractivity contribution in [1.29, 1.82) is 0 Å². The largest absolute Gasteiger partial charge is 0.370 e. The summed E-state index contributed by atoms with van der Waals surface area (Å²) in [6.07, 6.45) is 4.54. The second-order valence-electron chi connectivity index (χ2n) is 6.55. The van der Waals surface area contributed by atoms with E-state index in [0.29, 0.717) is 12.2 Å². The zero-order valence-corrected chi connectivity index (χ0v) is 12.4. The van der Waals surface area contributed by atoms with Crippen molar-refractivity contribution >= 4 is 0 Å². The Hall–Kier alpha value is -0.820. The van der Waals surface area contributed by atoms with Gasteiger partial charge in [-0.25, -0.2) is 0 Å². The minimum Gasteiger partial charge on any atom is -0.370 e. The summed E-state index contributed by atoms with van der Waals surface area (Å²) in [4.78, 5) is 0. The smallest absolute Gasteiger partial charge is 0.0845 e. The topological polar surface area (TPSA) is 12.5 Å². The van der Waals surface area contributed by atoms with E-state index in [1.807, 2.05) is 0 Å². The Morgan fingerprint density at radius 3 is 2.44 bits per heavy atom. The fraction of sp³-hybridized carbons (Fsp3) is 0.647. The average Bonchev–Trinajstić information content (AvgIpc) is 3.05. The number of aryl methyl sites for hydroxylation is 2. The van der Waals surface area contributed by atoms with Crippen LogP contribution in [0.5, 0.6) is 0 Å². The summed E-state index contributed by atoms with van der Waals surface area (Å²) in [7, 11) is 0. The Morgan fingerprint density at radius 2 is 1.89 bits per heavy atom. The van der Waals surface area contributed by atoms with E-state index in [4.69, 9.17) is 4.74 Å². The molecule has 1 saturated heterocycles. The number of hydrogen-bond acceptors (Lipinski definition) is 1. The molecule has 0 radical (unpaired) electrons. The van der Waals surface area contributed by atoms with Gasteiger partial charge in [0.15, 0.2) is 0 Å². The van der Waals surface area contributed by atoms with Crippen LogP contribution in [0, 0.1) is 6.92 Å². The third-order valence-electron chi connectivity index (χ3n) is 4.00. The molecule has 0 N–H and O–H groups in total. The highest BCUT2D eigenvalue weighted by molar-refractivity contribution is 5.34. The molecule has 1 heteroatoms. The van der Waals surface area contributed by atoms with E-state index in [0.717, 1.165) is 12.8 Å². The molecular formula is C17H26O. The Labute approximate surface area is 112 Å². The molecule has 1 aliphatic heterocycles. The van der Waals surface area contributed by atoms with Gasteiger partial charge < -0.3 is 4.74 Å². The van der Waals surface area contributed by atoms with Crippen molar-refractivity contribution in [2.45, 2.75) is 71.5 Å². The predicted octanol–water partition coefficient (Wildman–Crippen LogP) is 4.40. The first-order valence-corrected chi connectivity index (χ1v) is 7.17. The number of rotatable bonds is 4. The van der Waals surface area contributed by atoms with E-state index < -0.39 is 0 Å². The lowest BCUT2D eigenvalue weighted by molar-refractivity contribution is 0.359. The zero-order valence-electron chi connectivity index (χ0n) is 12.4. The molecule has 0 aromatic heterocycles. The van der Waals surface area contributed by atoms with Gasteiger partial charge in [-0.2, -0.15) is 0 Å². The lowest BCUT2D eigenvalue weighted by Gasteiger charge is -2.20. The van der Waals surface area contributed by atoms with Gasteiger partial charge >= 0.3 is 0 Å². The fourth-order valence-electron chi connectivity index (χ4n) is 2.50. The highest BCUT2D eigenvalue weighted by Crippen LogP contribution is 2.30. The molecule has 0 amide bonds. The molecule has 2 atom stereocenters. The van der Waals surface area contributed by atoms with Gasteiger partial charge in [0.05, 0.1) is 12.2 Å². The van der Waals surface area contributed by atoms with Crippen molar-refractivity contribution in [3.8, 4) is 0 Å². The first kappa shape index (κ1) is 13.6. The number of ether oxygens (including phenoxy) is 1. The summed E-state index contributed by atoms with van der Waals surface area (Å²) in [6, 6.07) is 6.92. The Kier molecular flexibility index (Phi) is 3.82. The summed E-state index contributed by atoms with van der Waals surface area (Å²) in [5, 5.41) is 0. The minimum atomic E-state index is 0.241. The monoisotopic (exact) mass is 246 g/mol. The lowest BCUT2D eigenvalue weighted by Crippen LogP contribution is -2.12. The normalized spacial score (nSPS) is 23.2. The molecule has 0 bridgehead atoms. The molecule has 2 unspecified atom stereocenters. The highest BCUT2D eigenvalue weighted by Gasteiger charge is 2.36. The first-order valence-electron chi connectivity index (χ1n) is 7.17. The van der Waals surface area contributed by atoms with Crippen molar-refractivity contribution < 1.29 is 4.74 Å². The van der Waals surface area contributed by atoms with E-state index in [-0.39, 0.29) is 5.41 Å². The summed E-state index contributed by atoms with van der Waals surface area (Å²) in [5.74, 6) is 0. The molecular weight excluding hydrogens is 220 g/mol. The van der Waals surface area contributed by atoms with Crippen molar-refractivity contribution in [3.05, 3.63) is 34.9 Å². The third kappa shape index (κ3) is 3.14. The second kappa shape index (κ2) is 5.05. The maximum Gasteiger partial charge on any atom is 0.0845 e. The van der Waals surface area contributed by atoms with Crippen LogP contribution in [0.15, 0.2) is 18.2 Å². The first-order chi connectivity index (χ1) is 8.41. The zero-order chi connectivity index (χ0) is 13.3. The molecule has 1 fully saturated rings. The Morgan fingerprint density at radius 1 is 1.17 bits per heavy atom. The molecule has 0 saturated carbocycles. The van der Waals surface area contributed by atoms with Gasteiger partial charge in [-0.05, 0) is 48.3 Å². The van der Waals surface area contributed by atoms with Crippen LogP contribution in [0.2, 0.25) is 0 Å². The predicted molar refractivity (Wildman–Crippen MR) is 77.2 cm³/mol. The molecule has 0 aliphatic carbocycles. The molecule has 100 valence electrons. The van der Waals surface area contributed by atoms with Crippen LogP contribution in [-0.4, -0.2) is 12.2 Å². The SMILES string of the molecule is CCC1OC1CCc1cc(C(C)(C)C)ccc1C. The van der Waals surface area contributed by atoms with Crippen LogP contribution < -0.4 is 0 Å². The van der Waals surface area contributed by atoms with Crippen LogP contribution in [0.1, 0.15) is 57.2 Å². The maximum atomic E-state index is 5.63. The fourth-order valence-corrected chi connectivity index (χ4v) is 2.50. The van der Waals surface area contributed by atoms with Crippen LogP contribution in [-0.2, 0) is 16.6 Å². The number of epoxide rings is 1. The maximum absolute atomic E-state index is 5.63. The standard InChI is InChI=1S/C17H26O/c1-6-15-16(18-15)10-8-13-11-14(17(3,4)5)9-7-12(13)2/h7,9,11,15-16H,6,8,10H2,1-5H3. The molecule has 0 spiro atoms. The summed E-state index contributed by atoms with van der Waals surface area (Å²) in [6.45, 7) is 11.2.